The summed E-state index contributed by atoms with van der Waals surface area (Å²) in [6.07, 6.45) is 3.95. The van der Waals surface area contributed by atoms with Gasteiger partial charge in [-0.05, 0) is 49.9 Å². The zero-order valence-corrected chi connectivity index (χ0v) is 17.4. The van der Waals surface area contributed by atoms with Gasteiger partial charge in [-0.15, -0.1) is 12.4 Å². The highest BCUT2D eigenvalue weighted by atomic mass is 35.5. The molecule has 2 heterocycles. The predicted octanol–water partition coefficient (Wildman–Crippen LogP) is 4.42. The molecule has 2 aliphatic rings. The summed E-state index contributed by atoms with van der Waals surface area (Å²) in [5.74, 6) is 1.99. The summed E-state index contributed by atoms with van der Waals surface area (Å²) in [6, 6.07) is 5.28. The molecule has 3 atom stereocenters. The first-order chi connectivity index (χ1) is 12.0. The Kier molecular flexibility index (Phi) is 8.34. The van der Waals surface area contributed by atoms with Crippen molar-refractivity contribution in [1.82, 2.24) is 10.2 Å². The maximum atomic E-state index is 12.6. The van der Waals surface area contributed by atoms with Crippen LogP contribution in [0.5, 0.6) is 5.75 Å². The summed E-state index contributed by atoms with van der Waals surface area (Å²) in [5, 5.41) is 4.44. The monoisotopic (exact) mass is 420 g/mol. The van der Waals surface area contributed by atoms with E-state index in [0.29, 0.717) is 40.6 Å². The van der Waals surface area contributed by atoms with Gasteiger partial charge in [0.1, 0.15) is 11.9 Å². The quantitative estimate of drug-likeness (QED) is 0.765. The van der Waals surface area contributed by atoms with Crippen LogP contribution in [0.3, 0.4) is 0 Å². The van der Waals surface area contributed by atoms with E-state index in [1.807, 2.05) is 11.0 Å². The van der Waals surface area contributed by atoms with E-state index in [1.54, 1.807) is 12.1 Å². The lowest BCUT2D eigenvalue weighted by Crippen LogP contribution is -2.37. The van der Waals surface area contributed by atoms with Gasteiger partial charge < -0.3 is 15.0 Å². The van der Waals surface area contributed by atoms with Crippen molar-refractivity contribution in [3.05, 3.63) is 28.2 Å². The molecule has 0 radical (unpaired) electrons. The Labute approximate surface area is 172 Å². The van der Waals surface area contributed by atoms with Crippen LogP contribution in [0.1, 0.15) is 32.6 Å². The third-order valence-corrected chi connectivity index (χ3v) is 6.07. The minimum absolute atomic E-state index is 0. The Morgan fingerprint density at radius 2 is 2.15 bits per heavy atom. The number of amides is 1. The van der Waals surface area contributed by atoms with Crippen molar-refractivity contribution in [3.63, 3.8) is 0 Å². The van der Waals surface area contributed by atoms with Crippen LogP contribution in [0.15, 0.2) is 18.2 Å². The molecule has 1 amide bonds. The maximum absolute atomic E-state index is 12.6. The van der Waals surface area contributed by atoms with Crippen molar-refractivity contribution in [1.29, 1.82) is 0 Å². The smallest absolute Gasteiger partial charge is 0.222 e. The number of benzene rings is 1. The zero-order valence-electron chi connectivity index (χ0n) is 15.0. The number of hydrogen-bond donors (Lipinski definition) is 1. The molecule has 0 bridgehead atoms. The summed E-state index contributed by atoms with van der Waals surface area (Å²) in [7, 11) is 0. The first kappa shape index (κ1) is 21.6. The van der Waals surface area contributed by atoms with Crippen LogP contribution < -0.4 is 10.1 Å². The zero-order chi connectivity index (χ0) is 17.8. The normalized spacial score (nSPS) is 24.0. The Morgan fingerprint density at radius 3 is 2.85 bits per heavy atom. The summed E-state index contributed by atoms with van der Waals surface area (Å²) in [5.41, 5.74) is 0. The highest BCUT2D eigenvalue weighted by Crippen LogP contribution is 2.29. The van der Waals surface area contributed by atoms with E-state index in [4.69, 9.17) is 27.9 Å². The number of carbonyl (C=O) groups is 1. The van der Waals surface area contributed by atoms with Gasteiger partial charge in [0.2, 0.25) is 5.91 Å². The van der Waals surface area contributed by atoms with Gasteiger partial charge in [0.25, 0.3) is 0 Å². The third-order valence-electron chi connectivity index (χ3n) is 5.33. The number of likely N-dealkylation sites (tertiary alicyclic amines) is 1. The van der Waals surface area contributed by atoms with Gasteiger partial charge in [0.15, 0.2) is 0 Å². The van der Waals surface area contributed by atoms with E-state index >= 15 is 0 Å². The average Bonchev–Trinajstić information content (AvgIpc) is 3.07. The summed E-state index contributed by atoms with van der Waals surface area (Å²) >= 11 is 12.0. The second-order valence-corrected chi connectivity index (χ2v) is 8.05. The van der Waals surface area contributed by atoms with E-state index in [9.17, 15) is 4.79 Å². The van der Waals surface area contributed by atoms with Crippen LogP contribution in [-0.4, -0.2) is 43.1 Å². The number of nitrogens with zero attached hydrogens (tertiary/aromatic N) is 1. The molecule has 3 unspecified atom stereocenters. The van der Waals surface area contributed by atoms with Crippen molar-refractivity contribution >= 4 is 41.5 Å². The third kappa shape index (κ3) is 5.66. The maximum Gasteiger partial charge on any atom is 0.222 e. The molecule has 1 N–H and O–H groups in total. The van der Waals surface area contributed by atoms with Crippen LogP contribution >= 0.6 is 35.6 Å². The number of carbonyl (C=O) groups excluding carboxylic acids is 1. The molecule has 1 aromatic carbocycles. The Balaban J connectivity index is 0.00000243. The molecule has 1 aromatic rings. The van der Waals surface area contributed by atoms with Gasteiger partial charge in [-0.25, -0.2) is 0 Å². The highest BCUT2D eigenvalue weighted by molar-refractivity contribution is 6.42. The molecular formula is C19H27Cl3N2O2. The van der Waals surface area contributed by atoms with Crippen LogP contribution in [0, 0.1) is 11.8 Å². The molecule has 3 rings (SSSR count). The van der Waals surface area contributed by atoms with E-state index in [1.165, 1.54) is 12.8 Å². The van der Waals surface area contributed by atoms with Crippen molar-refractivity contribution in [3.8, 4) is 5.75 Å². The van der Waals surface area contributed by atoms with Crippen LogP contribution in [0.4, 0.5) is 0 Å². The number of hydrogen-bond acceptors (Lipinski definition) is 3. The number of halogens is 3. The van der Waals surface area contributed by atoms with Crippen LogP contribution in [0.25, 0.3) is 0 Å². The molecule has 2 aliphatic heterocycles. The fraction of sp³-hybridized carbons (Fsp3) is 0.632. The lowest BCUT2D eigenvalue weighted by molar-refractivity contribution is -0.131. The number of piperidine rings is 1. The largest absolute Gasteiger partial charge is 0.488 e. The number of rotatable bonds is 5. The van der Waals surface area contributed by atoms with Crippen molar-refractivity contribution in [2.24, 2.45) is 11.8 Å². The van der Waals surface area contributed by atoms with E-state index in [2.05, 4.69) is 12.2 Å². The highest BCUT2D eigenvalue weighted by Gasteiger charge is 2.30. The minimum atomic E-state index is 0. The molecule has 2 fully saturated rings. The van der Waals surface area contributed by atoms with Gasteiger partial charge >= 0.3 is 0 Å². The molecule has 7 heteroatoms. The van der Waals surface area contributed by atoms with Crippen molar-refractivity contribution in [2.75, 3.05) is 26.2 Å². The first-order valence-electron chi connectivity index (χ1n) is 9.13. The average molecular weight is 422 g/mol. The van der Waals surface area contributed by atoms with Gasteiger partial charge in [-0.1, -0.05) is 30.1 Å². The van der Waals surface area contributed by atoms with Crippen molar-refractivity contribution < 1.29 is 9.53 Å². The lowest BCUT2D eigenvalue weighted by atomic mass is 9.85. The fourth-order valence-corrected chi connectivity index (χ4v) is 4.02. The molecule has 4 nitrogen and oxygen atoms in total. The Hall–Kier alpha value is -0.680. The second kappa shape index (κ2) is 10.0. The molecule has 0 spiro atoms. The second-order valence-electron chi connectivity index (χ2n) is 7.23. The molecule has 0 saturated carbocycles. The number of nitrogens with one attached hydrogen (secondary N) is 1. The SMILES string of the molecule is CC(CC(=O)N1CCC(Oc2ccc(Cl)c(Cl)c2)C1)C1CCCNC1.Cl. The summed E-state index contributed by atoms with van der Waals surface area (Å²) < 4.78 is 5.97. The van der Waals surface area contributed by atoms with E-state index in [-0.39, 0.29) is 24.4 Å². The molecule has 0 aromatic heterocycles. The fourth-order valence-electron chi connectivity index (χ4n) is 3.73. The predicted molar refractivity (Wildman–Crippen MR) is 109 cm³/mol. The molecule has 2 saturated heterocycles. The lowest BCUT2D eigenvalue weighted by Gasteiger charge is -2.29. The van der Waals surface area contributed by atoms with E-state index < -0.39 is 0 Å². The summed E-state index contributed by atoms with van der Waals surface area (Å²) in [6.45, 7) is 5.76. The van der Waals surface area contributed by atoms with Gasteiger partial charge in [0.05, 0.1) is 16.6 Å². The van der Waals surface area contributed by atoms with Crippen LogP contribution in [-0.2, 0) is 4.79 Å². The van der Waals surface area contributed by atoms with Gasteiger partial charge in [-0.2, -0.15) is 0 Å². The first-order valence-corrected chi connectivity index (χ1v) is 9.88. The molecule has 146 valence electrons. The molecule has 0 aliphatic carbocycles. The molecule has 26 heavy (non-hydrogen) atoms. The Morgan fingerprint density at radius 1 is 1.35 bits per heavy atom. The van der Waals surface area contributed by atoms with Gasteiger partial charge in [-0.3, -0.25) is 4.79 Å². The summed E-state index contributed by atoms with van der Waals surface area (Å²) in [4.78, 5) is 14.5. The standard InChI is InChI=1S/C19H26Cl2N2O2.ClH/c1-13(14-3-2-7-22-11-14)9-19(24)23-8-6-16(12-23)25-15-4-5-17(20)18(21)10-15;/h4-5,10,13-14,16,22H,2-3,6-9,11-12H2,1H3;1H. The van der Waals surface area contributed by atoms with Crippen molar-refractivity contribution in [2.45, 2.75) is 38.7 Å². The molecular weight excluding hydrogens is 395 g/mol. The van der Waals surface area contributed by atoms with Crippen LogP contribution in [0.2, 0.25) is 10.0 Å². The van der Waals surface area contributed by atoms with E-state index in [0.717, 1.165) is 26.1 Å². The Bertz CT molecular complexity index is 608. The van der Waals surface area contributed by atoms with Gasteiger partial charge in [0, 0.05) is 25.5 Å². The topological polar surface area (TPSA) is 41.6 Å². The number of ether oxygens (including phenoxy) is 1. The minimum Gasteiger partial charge on any atom is -0.488 e.